The highest BCUT2D eigenvalue weighted by molar-refractivity contribution is 6.69. The zero-order valence-corrected chi connectivity index (χ0v) is 18.6. The second-order valence-corrected chi connectivity index (χ2v) is 12.1. The van der Waals surface area contributed by atoms with Crippen LogP contribution in [0.15, 0.2) is 36.5 Å². The number of ether oxygens (including phenoxy) is 1. The van der Waals surface area contributed by atoms with Gasteiger partial charge in [0.1, 0.15) is 0 Å². The number of hydrogen-bond acceptors (Lipinski definition) is 3. The van der Waals surface area contributed by atoms with Crippen LogP contribution in [0.1, 0.15) is 64.7 Å². The second kappa shape index (κ2) is 16.1. The van der Waals surface area contributed by atoms with Gasteiger partial charge in [-0.05, 0) is 51.7 Å². The first-order chi connectivity index (χ1) is 12.4. The van der Waals surface area contributed by atoms with E-state index in [0.717, 1.165) is 32.1 Å². The molecule has 0 saturated carbocycles. The minimum absolute atomic E-state index is 0.116. The van der Waals surface area contributed by atoms with Crippen LogP contribution in [0.5, 0.6) is 0 Å². The molecule has 1 unspecified atom stereocenters. The van der Waals surface area contributed by atoms with Crippen LogP contribution in [0.4, 0.5) is 0 Å². The van der Waals surface area contributed by atoms with E-state index >= 15 is 0 Å². The monoisotopic (exact) mass is 382 g/mol. The summed E-state index contributed by atoms with van der Waals surface area (Å²) < 4.78 is 10.9. The Morgan fingerprint density at radius 2 is 1.77 bits per heavy atom. The van der Waals surface area contributed by atoms with Crippen molar-refractivity contribution >= 4 is 14.3 Å². The van der Waals surface area contributed by atoms with E-state index in [1.54, 1.807) is 0 Å². The summed E-state index contributed by atoms with van der Waals surface area (Å²) in [6.07, 6.45) is 22.5. The lowest BCUT2D eigenvalue weighted by molar-refractivity contribution is -0.140. The lowest BCUT2D eigenvalue weighted by Gasteiger charge is -2.24. The Bertz CT molecular complexity index is 433. The SMILES string of the molecule is CCCCCC(/C=C/C=C\C/C=C\CCCC[14C](=O)OC)O[Si](C)(C)C. The summed E-state index contributed by atoms with van der Waals surface area (Å²) >= 11 is 0. The van der Waals surface area contributed by atoms with Gasteiger partial charge >= 0.3 is 5.97 Å². The van der Waals surface area contributed by atoms with Gasteiger partial charge in [-0.25, -0.2) is 0 Å². The average Bonchev–Trinajstić information content (AvgIpc) is 2.58. The van der Waals surface area contributed by atoms with E-state index in [1.165, 1.54) is 26.4 Å². The zero-order valence-electron chi connectivity index (χ0n) is 17.6. The molecular weight excluding hydrogens is 342 g/mol. The second-order valence-electron chi connectivity index (χ2n) is 7.61. The summed E-state index contributed by atoms with van der Waals surface area (Å²) in [6.45, 7) is 8.98. The van der Waals surface area contributed by atoms with Crippen LogP contribution in [0.3, 0.4) is 0 Å². The molecule has 0 fully saturated rings. The third-order valence-electron chi connectivity index (χ3n) is 3.84. The fraction of sp³-hybridized carbons (Fsp3) is 0.682. The van der Waals surface area contributed by atoms with Crippen LogP contribution in [-0.2, 0) is 14.0 Å². The maximum absolute atomic E-state index is 11.0. The summed E-state index contributed by atoms with van der Waals surface area (Å²) in [5, 5.41) is 0. The molecule has 0 radical (unpaired) electrons. The minimum atomic E-state index is -1.50. The molecule has 4 heteroatoms. The highest BCUT2D eigenvalue weighted by atomic mass is 28.4. The Hall–Kier alpha value is -1.13. The summed E-state index contributed by atoms with van der Waals surface area (Å²) in [5.74, 6) is -0.116. The molecule has 0 aliphatic rings. The number of rotatable bonds is 15. The van der Waals surface area contributed by atoms with Crippen LogP contribution in [0.2, 0.25) is 19.6 Å². The van der Waals surface area contributed by atoms with E-state index in [1.807, 2.05) is 0 Å². The zero-order chi connectivity index (χ0) is 19.7. The largest absolute Gasteiger partial charge is 0.469 e. The van der Waals surface area contributed by atoms with Crippen LogP contribution in [0.25, 0.3) is 0 Å². The molecule has 0 aliphatic carbocycles. The highest BCUT2D eigenvalue weighted by Gasteiger charge is 2.18. The molecule has 0 aromatic heterocycles. The first-order valence-corrected chi connectivity index (χ1v) is 13.5. The van der Waals surface area contributed by atoms with Gasteiger partial charge in [0.15, 0.2) is 8.32 Å². The molecule has 0 aromatic carbocycles. The van der Waals surface area contributed by atoms with Gasteiger partial charge in [-0.1, -0.05) is 62.6 Å². The Balaban J connectivity index is 4.01. The first kappa shape index (κ1) is 24.9. The smallest absolute Gasteiger partial charge is 0.305 e. The van der Waals surface area contributed by atoms with Crippen molar-refractivity contribution in [1.82, 2.24) is 0 Å². The highest BCUT2D eigenvalue weighted by Crippen LogP contribution is 2.14. The minimum Gasteiger partial charge on any atom is -0.469 e. The predicted molar refractivity (Wildman–Crippen MR) is 115 cm³/mol. The summed E-state index contributed by atoms with van der Waals surface area (Å²) in [4.78, 5) is 11.0. The number of hydrogen-bond donors (Lipinski definition) is 0. The number of allylic oxidation sites excluding steroid dienone is 5. The first-order valence-electron chi connectivity index (χ1n) is 10.1. The standard InChI is InChI=1S/C22H40O3Si/c1-6-7-15-18-21(25-26(3,4)5)19-16-13-11-9-8-10-12-14-17-20-22(23)24-2/h8,10-11,13,16,19,21H,6-7,9,12,14-15,17-18,20H2,1-5H3/b10-8-,13-11-,19-16+/i22+2. The van der Waals surface area contributed by atoms with Gasteiger partial charge in [0, 0.05) is 6.42 Å². The van der Waals surface area contributed by atoms with Crippen molar-refractivity contribution in [2.24, 2.45) is 0 Å². The molecule has 0 spiro atoms. The fourth-order valence-corrected chi connectivity index (χ4v) is 3.62. The molecule has 0 bridgehead atoms. The Morgan fingerprint density at radius 1 is 1.00 bits per heavy atom. The van der Waals surface area contributed by atoms with Crippen LogP contribution < -0.4 is 0 Å². The summed E-state index contributed by atoms with van der Waals surface area (Å²) in [6, 6.07) is 0. The fourth-order valence-electron chi connectivity index (χ4n) is 2.52. The molecule has 0 amide bonds. The maximum Gasteiger partial charge on any atom is 0.305 e. The third kappa shape index (κ3) is 17.7. The molecule has 3 nitrogen and oxygen atoms in total. The lowest BCUT2D eigenvalue weighted by atomic mass is 10.1. The molecule has 0 aromatic rings. The van der Waals surface area contributed by atoms with Crippen molar-refractivity contribution in [2.75, 3.05) is 7.11 Å². The van der Waals surface area contributed by atoms with Gasteiger partial charge in [-0.2, -0.15) is 0 Å². The van der Waals surface area contributed by atoms with E-state index < -0.39 is 8.32 Å². The van der Waals surface area contributed by atoms with Crippen molar-refractivity contribution in [3.8, 4) is 0 Å². The van der Waals surface area contributed by atoms with E-state index in [9.17, 15) is 4.79 Å². The number of carbonyl (C=O) groups excluding carboxylic acids is 1. The van der Waals surface area contributed by atoms with Crippen molar-refractivity contribution in [3.05, 3.63) is 36.5 Å². The Labute approximate surface area is 162 Å². The Morgan fingerprint density at radius 3 is 2.42 bits per heavy atom. The molecule has 0 rings (SSSR count). The molecule has 0 N–H and O–H groups in total. The van der Waals surface area contributed by atoms with Crippen LogP contribution in [0, 0.1) is 0 Å². The van der Waals surface area contributed by atoms with Gasteiger partial charge in [0.05, 0.1) is 13.2 Å². The topological polar surface area (TPSA) is 35.5 Å². The van der Waals surface area contributed by atoms with Crippen molar-refractivity contribution in [3.63, 3.8) is 0 Å². The number of carbonyl (C=O) groups is 1. The van der Waals surface area contributed by atoms with Crippen molar-refractivity contribution in [1.29, 1.82) is 0 Å². The summed E-state index contributed by atoms with van der Waals surface area (Å²) in [5.41, 5.74) is 0. The molecular formula is C22H40O3Si. The molecule has 1 atom stereocenters. The average molecular weight is 383 g/mol. The molecule has 26 heavy (non-hydrogen) atoms. The maximum atomic E-state index is 11.0. The molecule has 0 aliphatic heterocycles. The molecule has 0 saturated heterocycles. The lowest BCUT2D eigenvalue weighted by Crippen LogP contribution is -2.31. The van der Waals surface area contributed by atoms with Crippen LogP contribution in [-0.4, -0.2) is 27.5 Å². The van der Waals surface area contributed by atoms with E-state index in [4.69, 9.17) is 4.43 Å². The van der Waals surface area contributed by atoms with Gasteiger partial charge in [-0.3, -0.25) is 4.79 Å². The number of esters is 1. The number of unbranched alkanes of at least 4 members (excludes halogenated alkanes) is 4. The Kier molecular flexibility index (Phi) is 15.4. The summed E-state index contributed by atoms with van der Waals surface area (Å²) in [7, 11) is -0.0648. The van der Waals surface area contributed by atoms with Gasteiger partial charge < -0.3 is 9.16 Å². The predicted octanol–water partition coefficient (Wildman–Crippen LogP) is 6.58. The molecule has 150 valence electrons. The van der Waals surface area contributed by atoms with Crippen molar-refractivity contribution < 1.29 is 14.0 Å². The van der Waals surface area contributed by atoms with E-state index in [-0.39, 0.29) is 12.1 Å². The van der Waals surface area contributed by atoms with Gasteiger partial charge in [-0.15, -0.1) is 0 Å². The number of methoxy groups -OCH3 is 1. The molecule has 0 heterocycles. The third-order valence-corrected chi connectivity index (χ3v) is 4.85. The van der Waals surface area contributed by atoms with Crippen LogP contribution >= 0.6 is 0 Å². The van der Waals surface area contributed by atoms with Crippen molar-refractivity contribution in [2.45, 2.75) is 90.5 Å². The van der Waals surface area contributed by atoms with E-state index in [0.29, 0.717) is 6.42 Å². The van der Waals surface area contributed by atoms with E-state index in [2.05, 4.69) is 67.8 Å². The normalized spacial score (nSPS) is 13.9. The van der Waals surface area contributed by atoms with Gasteiger partial charge in [0.2, 0.25) is 0 Å². The van der Waals surface area contributed by atoms with Gasteiger partial charge in [0.25, 0.3) is 0 Å². The quantitative estimate of drug-likeness (QED) is 0.105.